The van der Waals surface area contributed by atoms with Crippen molar-refractivity contribution in [1.29, 1.82) is 0 Å². The Morgan fingerprint density at radius 1 is 1.24 bits per heavy atom. The molecule has 1 N–H and O–H groups in total. The molecular formula is C19H30N4O2. The van der Waals surface area contributed by atoms with E-state index in [0.717, 1.165) is 51.5 Å². The van der Waals surface area contributed by atoms with Crippen LogP contribution in [-0.4, -0.2) is 91.7 Å². The highest BCUT2D eigenvalue weighted by Crippen LogP contribution is 2.21. The van der Waals surface area contributed by atoms with Crippen LogP contribution >= 0.6 is 0 Å². The highest BCUT2D eigenvalue weighted by atomic mass is 16.3. The number of phenols is 1. The highest BCUT2D eigenvalue weighted by molar-refractivity contribution is 5.76. The molecule has 6 nitrogen and oxygen atoms in total. The van der Waals surface area contributed by atoms with E-state index in [1.165, 1.54) is 6.42 Å². The van der Waals surface area contributed by atoms with Crippen LogP contribution in [0.4, 0.5) is 5.69 Å². The Hall–Kier alpha value is -1.79. The number of likely N-dealkylation sites (N-methyl/N-ethyl adjacent to an activating group) is 2. The van der Waals surface area contributed by atoms with Gasteiger partial charge < -0.3 is 24.7 Å². The third kappa shape index (κ3) is 4.64. The highest BCUT2D eigenvalue weighted by Gasteiger charge is 2.25. The number of rotatable bonds is 5. The third-order valence-corrected chi connectivity index (χ3v) is 5.50. The molecule has 0 saturated carbocycles. The van der Waals surface area contributed by atoms with Crippen LogP contribution in [0, 0.1) is 0 Å². The Bertz CT molecular complexity index is 587. The van der Waals surface area contributed by atoms with Crippen LogP contribution in [0.15, 0.2) is 24.3 Å². The molecule has 2 aliphatic heterocycles. The van der Waals surface area contributed by atoms with Crippen molar-refractivity contribution in [3.63, 3.8) is 0 Å². The van der Waals surface area contributed by atoms with Crippen molar-refractivity contribution in [2.45, 2.75) is 18.9 Å². The molecule has 2 heterocycles. The number of carbonyl (C=O) groups excluding carboxylic acids is 1. The van der Waals surface area contributed by atoms with Gasteiger partial charge in [-0.15, -0.1) is 0 Å². The van der Waals surface area contributed by atoms with E-state index >= 15 is 0 Å². The summed E-state index contributed by atoms with van der Waals surface area (Å²) in [4.78, 5) is 21.4. The molecule has 138 valence electrons. The first-order chi connectivity index (χ1) is 12.0. The number of piperazine rings is 1. The Morgan fingerprint density at radius 3 is 2.64 bits per heavy atom. The van der Waals surface area contributed by atoms with Gasteiger partial charge in [-0.2, -0.15) is 0 Å². The van der Waals surface area contributed by atoms with Crippen molar-refractivity contribution in [2.24, 2.45) is 0 Å². The molecule has 0 unspecified atom stereocenters. The van der Waals surface area contributed by atoms with E-state index in [2.05, 4.69) is 28.8 Å². The molecule has 1 atom stereocenters. The van der Waals surface area contributed by atoms with E-state index in [9.17, 15) is 9.90 Å². The maximum atomic E-state index is 12.5. The van der Waals surface area contributed by atoms with Crippen molar-refractivity contribution in [2.75, 3.05) is 64.8 Å². The lowest BCUT2D eigenvalue weighted by Crippen LogP contribution is -2.49. The zero-order chi connectivity index (χ0) is 17.8. The quantitative estimate of drug-likeness (QED) is 0.864. The lowest BCUT2D eigenvalue weighted by Gasteiger charge is -2.36. The van der Waals surface area contributed by atoms with Crippen molar-refractivity contribution < 1.29 is 9.90 Å². The molecule has 0 aromatic heterocycles. The fourth-order valence-corrected chi connectivity index (χ4v) is 3.79. The topological polar surface area (TPSA) is 50.3 Å². The van der Waals surface area contributed by atoms with Gasteiger partial charge in [-0.25, -0.2) is 0 Å². The number of carbonyl (C=O) groups is 1. The Morgan fingerprint density at radius 2 is 2.00 bits per heavy atom. The number of hydrogen-bond acceptors (Lipinski definition) is 5. The van der Waals surface area contributed by atoms with Crippen LogP contribution in [0.5, 0.6) is 5.75 Å². The lowest BCUT2D eigenvalue weighted by atomic mass is 10.2. The molecule has 2 saturated heterocycles. The second kappa shape index (κ2) is 8.06. The minimum atomic E-state index is 0.258. The molecule has 2 fully saturated rings. The second-order valence-electron chi connectivity index (χ2n) is 7.32. The van der Waals surface area contributed by atoms with Gasteiger partial charge in [0.05, 0.1) is 0 Å². The van der Waals surface area contributed by atoms with Gasteiger partial charge in [0, 0.05) is 63.5 Å². The molecule has 0 radical (unpaired) electrons. The van der Waals surface area contributed by atoms with E-state index in [0.29, 0.717) is 12.5 Å². The van der Waals surface area contributed by atoms with Gasteiger partial charge in [0.2, 0.25) is 5.91 Å². The molecule has 1 aromatic rings. The van der Waals surface area contributed by atoms with Crippen molar-refractivity contribution >= 4 is 11.6 Å². The fraction of sp³-hybridized carbons (Fsp3) is 0.632. The maximum absolute atomic E-state index is 12.5. The average Bonchev–Trinajstić information content (AvgIpc) is 3.06. The number of likely N-dealkylation sites (tertiary alicyclic amines) is 1. The minimum absolute atomic E-state index is 0.258. The normalized spacial score (nSPS) is 22.0. The van der Waals surface area contributed by atoms with Crippen molar-refractivity contribution in [1.82, 2.24) is 14.7 Å². The molecule has 1 aromatic carbocycles. The summed E-state index contributed by atoms with van der Waals surface area (Å²) in [5.74, 6) is 0.547. The predicted molar refractivity (Wildman–Crippen MR) is 100 cm³/mol. The Kier molecular flexibility index (Phi) is 5.81. The summed E-state index contributed by atoms with van der Waals surface area (Å²) >= 11 is 0. The summed E-state index contributed by atoms with van der Waals surface area (Å²) < 4.78 is 0. The summed E-state index contributed by atoms with van der Waals surface area (Å²) in [6, 6.07) is 7.91. The van der Waals surface area contributed by atoms with Crippen LogP contribution in [0.25, 0.3) is 0 Å². The van der Waals surface area contributed by atoms with E-state index < -0.39 is 0 Å². The minimum Gasteiger partial charge on any atom is -0.508 e. The largest absolute Gasteiger partial charge is 0.508 e. The van der Waals surface area contributed by atoms with Crippen LogP contribution < -0.4 is 4.90 Å². The van der Waals surface area contributed by atoms with Gasteiger partial charge in [-0.05, 0) is 39.2 Å². The Balaban J connectivity index is 1.42. The van der Waals surface area contributed by atoms with Crippen LogP contribution in [0.1, 0.15) is 12.8 Å². The third-order valence-electron chi connectivity index (χ3n) is 5.50. The molecule has 6 heteroatoms. The summed E-state index contributed by atoms with van der Waals surface area (Å²) in [6.07, 6.45) is 1.80. The van der Waals surface area contributed by atoms with Crippen LogP contribution in [-0.2, 0) is 4.79 Å². The van der Waals surface area contributed by atoms with Gasteiger partial charge >= 0.3 is 0 Å². The molecule has 3 rings (SSSR count). The Labute approximate surface area is 150 Å². The number of amides is 1. The monoisotopic (exact) mass is 346 g/mol. The summed E-state index contributed by atoms with van der Waals surface area (Å²) in [5.41, 5.74) is 1.03. The first-order valence-electron chi connectivity index (χ1n) is 9.23. The molecule has 1 amide bonds. The number of hydrogen-bond donors (Lipinski definition) is 1. The average molecular weight is 346 g/mol. The zero-order valence-corrected chi connectivity index (χ0v) is 15.4. The molecule has 2 aliphatic rings. The number of nitrogens with zero attached hydrogens (tertiary/aromatic N) is 4. The predicted octanol–water partition coefficient (Wildman–Crippen LogP) is 1.07. The summed E-state index contributed by atoms with van der Waals surface area (Å²) in [5, 5.41) is 9.61. The number of benzene rings is 1. The smallest absolute Gasteiger partial charge is 0.223 e. The van der Waals surface area contributed by atoms with Crippen LogP contribution in [0.3, 0.4) is 0 Å². The van der Waals surface area contributed by atoms with Crippen molar-refractivity contribution in [3.8, 4) is 5.75 Å². The summed E-state index contributed by atoms with van der Waals surface area (Å²) in [7, 11) is 4.29. The van der Waals surface area contributed by atoms with Gasteiger partial charge in [0.25, 0.3) is 0 Å². The molecule has 0 spiro atoms. The molecular weight excluding hydrogens is 316 g/mol. The van der Waals surface area contributed by atoms with E-state index in [1.807, 2.05) is 17.0 Å². The van der Waals surface area contributed by atoms with E-state index in [-0.39, 0.29) is 11.7 Å². The first kappa shape index (κ1) is 18.0. The zero-order valence-electron chi connectivity index (χ0n) is 15.4. The maximum Gasteiger partial charge on any atom is 0.223 e. The van der Waals surface area contributed by atoms with Gasteiger partial charge in [-0.3, -0.25) is 4.79 Å². The number of phenolic OH excluding ortho intramolecular Hbond substituents is 1. The first-order valence-corrected chi connectivity index (χ1v) is 9.23. The standard InChI is InChI=1S/C19H30N4O2/c1-20-8-6-17(15-20)21(2)9-7-19(25)23-12-10-22(11-13-23)16-4-3-5-18(24)14-16/h3-5,14,17,24H,6-13,15H2,1-2H3/t17-/m0/s1. The lowest BCUT2D eigenvalue weighted by molar-refractivity contribution is -0.131. The molecule has 25 heavy (non-hydrogen) atoms. The molecule has 0 bridgehead atoms. The van der Waals surface area contributed by atoms with Crippen LogP contribution in [0.2, 0.25) is 0 Å². The number of anilines is 1. The van der Waals surface area contributed by atoms with Gasteiger partial charge in [0.1, 0.15) is 5.75 Å². The van der Waals surface area contributed by atoms with E-state index in [1.54, 1.807) is 12.1 Å². The summed E-state index contributed by atoms with van der Waals surface area (Å²) in [6.45, 7) is 6.24. The SMILES string of the molecule is CN1CC[C@H](N(C)CCC(=O)N2CCN(c3cccc(O)c3)CC2)C1. The number of aromatic hydroxyl groups is 1. The van der Waals surface area contributed by atoms with Gasteiger partial charge in [-0.1, -0.05) is 6.07 Å². The van der Waals surface area contributed by atoms with E-state index in [4.69, 9.17) is 0 Å². The fourth-order valence-electron chi connectivity index (χ4n) is 3.79. The molecule has 0 aliphatic carbocycles. The van der Waals surface area contributed by atoms with Crippen molar-refractivity contribution in [3.05, 3.63) is 24.3 Å². The van der Waals surface area contributed by atoms with Gasteiger partial charge in [0.15, 0.2) is 0 Å². The second-order valence-corrected chi connectivity index (χ2v) is 7.32.